The normalized spacial score (nSPS) is 15.8. The van der Waals surface area contributed by atoms with Crippen molar-refractivity contribution in [3.8, 4) is 6.07 Å². The van der Waals surface area contributed by atoms with Gasteiger partial charge in [-0.3, -0.25) is 0 Å². The smallest absolute Gasteiger partial charge is 0.143 e. The van der Waals surface area contributed by atoms with Gasteiger partial charge in [-0.2, -0.15) is 5.26 Å². The second kappa shape index (κ2) is 7.94. The molecule has 1 aliphatic heterocycles. The molecule has 24 heavy (non-hydrogen) atoms. The first-order valence-corrected chi connectivity index (χ1v) is 8.47. The fourth-order valence-corrected chi connectivity index (χ4v) is 3.21. The second-order valence-corrected chi connectivity index (χ2v) is 6.27. The van der Waals surface area contributed by atoms with E-state index < -0.39 is 5.82 Å². The summed E-state index contributed by atoms with van der Waals surface area (Å²) in [5.74, 6) is -0.456. The molecule has 3 nitrogen and oxygen atoms in total. The Labute approximate surface area is 142 Å². The number of piperidine rings is 1. The molecule has 0 aromatic heterocycles. The van der Waals surface area contributed by atoms with Crippen LogP contribution in [0, 0.1) is 17.1 Å². The molecule has 124 valence electrons. The first-order valence-electron chi connectivity index (χ1n) is 8.47. The van der Waals surface area contributed by atoms with Crippen molar-refractivity contribution in [2.45, 2.75) is 25.3 Å². The predicted molar refractivity (Wildman–Crippen MR) is 94.3 cm³/mol. The standard InChI is InChI=1S/C20H22FN3/c21-19-7-4-8-20(18(19)15-22)23-17-10-13-24(14-11-17)12-9-16-5-2-1-3-6-16/h1-8,17,23H,9-14H2. The molecule has 0 aliphatic carbocycles. The maximum atomic E-state index is 13.7. The van der Waals surface area contributed by atoms with E-state index in [4.69, 9.17) is 5.26 Å². The number of nitrogens with one attached hydrogen (secondary N) is 1. The molecule has 0 amide bonds. The van der Waals surface area contributed by atoms with Gasteiger partial charge >= 0.3 is 0 Å². The monoisotopic (exact) mass is 323 g/mol. The van der Waals surface area contributed by atoms with Gasteiger partial charge in [-0.1, -0.05) is 36.4 Å². The first-order chi connectivity index (χ1) is 11.8. The van der Waals surface area contributed by atoms with Crippen LogP contribution in [0.5, 0.6) is 0 Å². The van der Waals surface area contributed by atoms with Gasteiger partial charge in [0.2, 0.25) is 0 Å². The van der Waals surface area contributed by atoms with E-state index in [1.807, 2.05) is 12.1 Å². The third kappa shape index (κ3) is 4.12. The minimum absolute atomic E-state index is 0.115. The van der Waals surface area contributed by atoms with Gasteiger partial charge in [0.05, 0.1) is 5.69 Å². The highest BCUT2D eigenvalue weighted by atomic mass is 19.1. The molecule has 1 N–H and O–H groups in total. The van der Waals surface area contributed by atoms with Gasteiger partial charge in [0.1, 0.15) is 17.4 Å². The highest BCUT2D eigenvalue weighted by molar-refractivity contribution is 5.58. The Morgan fingerprint density at radius 1 is 1.08 bits per heavy atom. The average molecular weight is 323 g/mol. The molecule has 0 bridgehead atoms. The zero-order valence-corrected chi connectivity index (χ0v) is 13.7. The Kier molecular flexibility index (Phi) is 5.45. The van der Waals surface area contributed by atoms with E-state index in [1.54, 1.807) is 12.1 Å². The number of hydrogen-bond donors (Lipinski definition) is 1. The SMILES string of the molecule is N#Cc1c(F)cccc1NC1CCN(CCc2ccccc2)CC1. The molecule has 4 heteroatoms. The quantitative estimate of drug-likeness (QED) is 0.909. The van der Waals surface area contributed by atoms with E-state index in [-0.39, 0.29) is 5.56 Å². The predicted octanol–water partition coefficient (Wildman–Crippen LogP) is 3.82. The molecule has 2 aromatic carbocycles. The molecule has 3 rings (SSSR count). The maximum Gasteiger partial charge on any atom is 0.143 e. The van der Waals surface area contributed by atoms with Crippen molar-refractivity contribution >= 4 is 5.69 Å². The molecule has 1 saturated heterocycles. The molecule has 0 unspecified atom stereocenters. The van der Waals surface area contributed by atoms with E-state index in [1.165, 1.54) is 11.6 Å². The van der Waals surface area contributed by atoms with E-state index in [2.05, 4.69) is 34.5 Å². The highest BCUT2D eigenvalue weighted by Gasteiger charge is 2.20. The lowest BCUT2D eigenvalue weighted by molar-refractivity contribution is 0.221. The third-order valence-electron chi connectivity index (χ3n) is 4.63. The van der Waals surface area contributed by atoms with Crippen molar-refractivity contribution in [1.82, 2.24) is 4.90 Å². The number of benzene rings is 2. The molecule has 0 saturated carbocycles. The molecule has 0 spiro atoms. The van der Waals surface area contributed by atoms with Crippen LogP contribution in [0.4, 0.5) is 10.1 Å². The molecule has 1 heterocycles. The van der Waals surface area contributed by atoms with Gasteiger partial charge in [0.15, 0.2) is 0 Å². The summed E-state index contributed by atoms with van der Waals surface area (Å²) in [5.41, 5.74) is 2.10. The molecule has 0 atom stereocenters. The molecule has 1 aliphatic rings. The van der Waals surface area contributed by atoms with Gasteiger partial charge in [0, 0.05) is 25.7 Å². The van der Waals surface area contributed by atoms with Gasteiger partial charge in [0.25, 0.3) is 0 Å². The third-order valence-corrected chi connectivity index (χ3v) is 4.63. The van der Waals surface area contributed by atoms with Crippen molar-refractivity contribution in [2.75, 3.05) is 25.0 Å². The van der Waals surface area contributed by atoms with Crippen LogP contribution in [0.2, 0.25) is 0 Å². The lowest BCUT2D eigenvalue weighted by Crippen LogP contribution is -2.40. The number of anilines is 1. The fraction of sp³-hybridized carbons (Fsp3) is 0.350. The van der Waals surface area contributed by atoms with Crippen molar-refractivity contribution in [3.05, 3.63) is 65.5 Å². The second-order valence-electron chi connectivity index (χ2n) is 6.27. The number of halogens is 1. The van der Waals surface area contributed by atoms with E-state index in [0.717, 1.165) is 38.9 Å². The summed E-state index contributed by atoms with van der Waals surface area (Å²) in [7, 11) is 0. The molecular weight excluding hydrogens is 301 g/mol. The van der Waals surface area contributed by atoms with Crippen molar-refractivity contribution in [2.24, 2.45) is 0 Å². The lowest BCUT2D eigenvalue weighted by Gasteiger charge is -2.33. The van der Waals surface area contributed by atoms with Gasteiger partial charge in [-0.05, 0) is 37.0 Å². The summed E-state index contributed by atoms with van der Waals surface area (Å²) in [6.45, 7) is 3.13. The molecule has 2 aromatic rings. The number of likely N-dealkylation sites (tertiary alicyclic amines) is 1. The van der Waals surface area contributed by atoms with Crippen molar-refractivity contribution in [3.63, 3.8) is 0 Å². The summed E-state index contributed by atoms with van der Waals surface area (Å²) in [4.78, 5) is 2.47. The minimum atomic E-state index is -0.456. The number of rotatable bonds is 5. The van der Waals surface area contributed by atoms with E-state index in [0.29, 0.717) is 11.7 Å². The first kappa shape index (κ1) is 16.5. The summed E-state index contributed by atoms with van der Waals surface area (Å²) >= 11 is 0. The fourth-order valence-electron chi connectivity index (χ4n) is 3.21. The van der Waals surface area contributed by atoms with E-state index in [9.17, 15) is 4.39 Å². The number of hydrogen-bond acceptors (Lipinski definition) is 3. The van der Waals surface area contributed by atoms with Crippen LogP contribution in [0.3, 0.4) is 0 Å². The Morgan fingerprint density at radius 3 is 2.54 bits per heavy atom. The van der Waals surface area contributed by atoms with Crippen LogP contribution in [0.1, 0.15) is 24.0 Å². The van der Waals surface area contributed by atoms with E-state index >= 15 is 0 Å². The van der Waals surface area contributed by atoms with Crippen LogP contribution < -0.4 is 5.32 Å². The topological polar surface area (TPSA) is 39.1 Å². The zero-order chi connectivity index (χ0) is 16.8. The van der Waals surface area contributed by atoms with Crippen molar-refractivity contribution in [1.29, 1.82) is 5.26 Å². The minimum Gasteiger partial charge on any atom is -0.381 e. The Hall–Kier alpha value is -2.38. The van der Waals surface area contributed by atoms with Crippen molar-refractivity contribution < 1.29 is 4.39 Å². The van der Waals surface area contributed by atoms with Crippen LogP contribution in [0.15, 0.2) is 48.5 Å². The van der Waals surface area contributed by atoms with Crippen LogP contribution in [0.25, 0.3) is 0 Å². The van der Waals surface area contributed by atoms with Gasteiger partial charge in [-0.15, -0.1) is 0 Å². The molecular formula is C20H22FN3. The largest absolute Gasteiger partial charge is 0.381 e. The zero-order valence-electron chi connectivity index (χ0n) is 13.7. The Balaban J connectivity index is 1.49. The van der Waals surface area contributed by atoms with Crippen LogP contribution in [-0.2, 0) is 6.42 Å². The van der Waals surface area contributed by atoms with Crippen LogP contribution >= 0.6 is 0 Å². The summed E-state index contributed by atoms with van der Waals surface area (Å²) in [6, 6.07) is 17.5. The van der Waals surface area contributed by atoms with Crippen LogP contribution in [-0.4, -0.2) is 30.6 Å². The number of nitrogens with zero attached hydrogens (tertiary/aromatic N) is 2. The average Bonchev–Trinajstić information content (AvgIpc) is 2.62. The summed E-state index contributed by atoms with van der Waals surface area (Å²) < 4.78 is 13.7. The molecule has 0 radical (unpaired) electrons. The highest BCUT2D eigenvalue weighted by Crippen LogP contribution is 2.22. The number of nitriles is 1. The summed E-state index contributed by atoms with van der Waals surface area (Å²) in [6.07, 6.45) is 3.09. The van der Waals surface area contributed by atoms with Gasteiger partial charge in [-0.25, -0.2) is 4.39 Å². The Bertz CT molecular complexity index is 701. The summed E-state index contributed by atoms with van der Waals surface area (Å²) in [5, 5.41) is 12.5. The molecule has 1 fully saturated rings. The maximum absolute atomic E-state index is 13.7. The van der Waals surface area contributed by atoms with Gasteiger partial charge < -0.3 is 10.2 Å². The lowest BCUT2D eigenvalue weighted by atomic mass is 10.0. The Morgan fingerprint density at radius 2 is 1.83 bits per heavy atom.